The molecule has 1 heterocycles. The summed E-state index contributed by atoms with van der Waals surface area (Å²) in [5, 5.41) is 21.2. The highest BCUT2D eigenvalue weighted by atomic mass is 19.3. The molecule has 0 radical (unpaired) electrons. The topological polar surface area (TPSA) is 116 Å². The summed E-state index contributed by atoms with van der Waals surface area (Å²) in [7, 11) is 3.31. The Morgan fingerprint density at radius 3 is 2.30 bits per heavy atom. The number of amides is 1. The number of benzene rings is 3. The minimum atomic E-state index is -2.92. The first kappa shape index (κ1) is 29.9. The molecule has 0 saturated carbocycles. The Morgan fingerprint density at radius 1 is 1.05 bits per heavy atom. The molecule has 0 spiro atoms. The first-order valence-corrected chi connectivity index (χ1v) is 12.2. The van der Waals surface area contributed by atoms with E-state index in [4.69, 9.17) is 9.90 Å². The number of hydrogen-bond donors (Lipinski definition) is 3. The van der Waals surface area contributed by atoms with Crippen LogP contribution < -0.4 is 5.32 Å². The average molecular weight is 555 g/mol. The molecule has 0 aliphatic rings. The molecule has 0 aliphatic carbocycles. The van der Waals surface area contributed by atoms with Crippen LogP contribution in [0.1, 0.15) is 41.9 Å². The maximum Gasteiger partial charge on any atom is 0.290 e. The molecule has 0 bridgehead atoms. The highest BCUT2D eigenvalue weighted by Crippen LogP contribution is 2.33. The van der Waals surface area contributed by atoms with E-state index >= 15 is 0 Å². The summed E-state index contributed by atoms with van der Waals surface area (Å²) < 4.78 is 41.1. The van der Waals surface area contributed by atoms with E-state index in [1.807, 2.05) is 24.3 Å². The van der Waals surface area contributed by atoms with Crippen LogP contribution >= 0.6 is 0 Å². The monoisotopic (exact) mass is 554 g/mol. The van der Waals surface area contributed by atoms with E-state index < -0.39 is 23.8 Å². The molecular weight excluding hydrogens is 525 g/mol. The highest BCUT2D eigenvalue weighted by Gasteiger charge is 2.20. The number of aryl methyl sites for hydroxylation is 1. The zero-order valence-corrected chi connectivity index (χ0v) is 22.3. The SMILES string of the molecule is Cc1nc(N[C@H](C)c2cccc(C(F)F)c2F)c2cc(-c3ccc(CC(=O)N(C)C)c(O)c3)ccc2n1.O=CO. The fourth-order valence-corrected chi connectivity index (χ4v) is 4.10. The third kappa shape index (κ3) is 6.85. The molecule has 1 amide bonds. The van der Waals surface area contributed by atoms with Gasteiger partial charge in [-0.15, -0.1) is 0 Å². The second-order valence-corrected chi connectivity index (χ2v) is 9.18. The van der Waals surface area contributed by atoms with Gasteiger partial charge in [0.05, 0.1) is 23.5 Å². The third-order valence-corrected chi connectivity index (χ3v) is 6.18. The Labute approximate surface area is 229 Å². The van der Waals surface area contributed by atoms with Crippen molar-refractivity contribution in [3.8, 4) is 16.9 Å². The number of phenolic OH excluding ortho intramolecular Hbond substituents is 1. The number of phenols is 1. The van der Waals surface area contributed by atoms with Gasteiger partial charge in [0, 0.05) is 30.6 Å². The summed E-state index contributed by atoms with van der Waals surface area (Å²) in [6.45, 7) is 3.15. The van der Waals surface area contributed by atoms with E-state index in [0.717, 1.165) is 17.2 Å². The maximum absolute atomic E-state index is 14.7. The van der Waals surface area contributed by atoms with Crippen molar-refractivity contribution in [2.24, 2.45) is 0 Å². The van der Waals surface area contributed by atoms with Crippen molar-refractivity contribution in [2.45, 2.75) is 32.7 Å². The number of rotatable bonds is 7. The molecule has 3 aromatic carbocycles. The molecule has 3 N–H and O–H groups in total. The summed E-state index contributed by atoms with van der Waals surface area (Å²) in [5.41, 5.74) is 2.11. The van der Waals surface area contributed by atoms with Crippen LogP contribution in [0.5, 0.6) is 5.75 Å². The lowest BCUT2D eigenvalue weighted by molar-refractivity contribution is -0.128. The number of alkyl halides is 2. The average Bonchev–Trinajstić information content (AvgIpc) is 2.89. The molecule has 11 heteroatoms. The molecule has 0 unspecified atom stereocenters. The quantitative estimate of drug-likeness (QED) is 0.244. The molecule has 8 nitrogen and oxygen atoms in total. The number of hydrogen-bond acceptors (Lipinski definition) is 6. The second kappa shape index (κ2) is 12.9. The molecule has 40 heavy (non-hydrogen) atoms. The first-order chi connectivity index (χ1) is 19.0. The smallest absolute Gasteiger partial charge is 0.290 e. The molecule has 1 aromatic heterocycles. The Hall–Kier alpha value is -4.67. The maximum atomic E-state index is 14.7. The Bertz CT molecular complexity index is 1530. The van der Waals surface area contributed by atoms with Crippen LogP contribution in [-0.2, 0) is 16.0 Å². The van der Waals surface area contributed by atoms with Gasteiger partial charge in [-0.3, -0.25) is 9.59 Å². The number of aromatic nitrogens is 2. The molecule has 0 saturated heterocycles. The van der Waals surface area contributed by atoms with Crippen molar-refractivity contribution in [3.05, 3.63) is 82.9 Å². The van der Waals surface area contributed by atoms with Gasteiger partial charge >= 0.3 is 0 Å². The van der Waals surface area contributed by atoms with Gasteiger partial charge in [-0.05, 0) is 43.2 Å². The van der Waals surface area contributed by atoms with Crippen LogP contribution in [0, 0.1) is 12.7 Å². The number of aromatic hydroxyl groups is 1. The van der Waals surface area contributed by atoms with Crippen LogP contribution in [0.15, 0.2) is 54.6 Å². The van der Waals surface area contributed by atoms with E-state index in [1.54, 1.807) is 40.1 Å². The van der Waals surface area contributed by atoms with Gasteiger partial charge < -0.3 is 20.4 Å². The number of likely N-dealkylation sites (N-methyl/N-ethyl adjacent to an activating group) is 1. The van der Waals surface area contributed by atoms with E-state index in [9.17, 15) is 23.1 Å². The molecule has 0 fully saturated rings. The minimum absolute atomic E-state index is 0.00862. The number of carboxylic acid groups (broad SMARTS) is 1. The normalized spacial score (nSPS) is 11.5. The van der Waals surface area contributed by atoms with Crippen LogP contribution in [0.4, 0.5) is 19.0 Å². The first-order valence-electron chi connectivity index (χ1n) is 12.2. The largest absolute Gasteiger partial charge is 0.508 e. The summed E-state index contributed by atoms with van der Waals surface area (Å²) in [5.74, 6) is -0.145. The van der Waals surface area contributed by atoms with Gasteiger partial charge in [-0.2, -0.15) is 0 Å². The Balaban J connectivity index is 0.00000141. The van der Waals surface area contributed by atoms with Crippen molar-refractivity contribution in [3.63, 3.8) is 0 Å². The molecule has 4 rings (SSSR count). The number of halogens is 3. The van der Waals surface area contributed by atoms with Crippen LogP contribution in [-0.4, -0.2) is 51.6 Å². The van der Waals surface area contributed by atoms with Crippen molar-refractivity contribution >= 4 is 29.1 Å². The number of fused-ring (bicyclic) bond motifs is 1. The van der Waals surface area contributed by atoms with Gasteiger partial charge in [-0.25, -0.2) is 23.1 Å². The lowest BCUT2D eigenvalue weighted by Crippen LogP contribution is -2.23. The molecule has 1 atom stereocenters. The lowest BCUT2D eigenvalue weighted by atomic mass is 9.99. The van der Waals surface area contributed by atoms with Crippen LogP contribution in [0.3, 0.4) is 0 Å². The van der Waals surface area contributed by atoms with Crippen LogP contribution in [0.25, 0.3) is 22.0 Å². The molecular formula is C29H29F3N4O4. The third-order valence-electron chi connectivity index (χ3n) is 6.18. The minimum Gasteiger partial charge on any atom is -0.508 e. The van der Waals surface area contributed by atoms with Gasteiger partial charge in [-0.1, -0.05) is 36.4 Å². The summed E-state index contributed by atoms with van der Waals surface area (Å²) in [4.78, 5) is 30.8. The lowest BCUT2D eigenvalue weighted by Gasteiger charge is -2.19. The zero-order valence-electron chi connectivity index (χ0n) is 22.3. The molecule has 210 valence electrons. The Morgan fingerprint density at radius 2 is 1.68 bits per heavy atom. The summed E-state index contributed by atoms with van der Waals surface area (Å²) >= 11 is 0. The van der Waals surface area contributed by atoms with Crippen molar-refractivity contribution in [2.75, 3.05) is 19.4 Å². The molecule has 4 aromatic rings. The second-order valence-electron chi connectivity index (χ2n) is 9.18. The fourth-order valence-electron chi connectivity index (χ4n) is 4.10. The van der Waals surface area contributed by atoms with Gasteiger partial charge in [0.15, 0.2) is 0 Å². The summed E-state index contributed by atoms with van der Waals surface area (Å²) in [6, 6.07) is 13.9. The van der Waals surface area contributed by atoms with E-state index in [2.05, 4.69) is 15.3 Å². The van der Waals surface area contributed by atoms with Gasteiger partial charge in [0.2, 0.25) is 5.91 Å². The zero-order chi connectivity index (χ0) is 29.6. The number of nitrogens with zero attached hydrogens (tertiary/aromatic N) is 3. The predicted molar refractivity (Wildman–Crippen MR) is 146 cm³/mol. The highest BCUT2D eigenvalue weighted by molar-refractivity contribution is 5.93. The van der Waals surface area contributed by atoms with Crippen LogP contribution in [0.2, 0.25) is 0 Å². The van der Waals surface area contributed by atoms with E-state index in [1.165, 1.54) is 17.0 Å². The predicted octanol–water partition coefficient (Wildman–Crippen LogP) is 5.89. The Kier molecular flexibility index (Phi) is 9.65. The summed E-state index contributed by atoms with van der Waals surface area (Å²) in [6.07, 6.45) is -2.83. The number of carbonyl (C=O) groups excluding carboxylic acids is 1. The number of anilines is 1. The van der Waals surface area contributed by atoms with Crippen molar-refractivity contribution in [1.29, 1.82) is 0 Å². The number of carbonyl (C=O) groups is 2. The standard InChI is InChI=1S/C28H27F3N4O2.CH2O2/c1-15(20-6-5-7-21(26(20)29)27(30)31)32-28-22-12-17(10-11-23(22)33-16(2)34-28)18-8-9-19(24(36)13-18)14-25(37)35(3)4;2-1-3/h5-13,15,27,36H,14H2,1-4H3,(H,32,33,34);1H,(H,2,3)/t15-;/m1./s1. The van der Waals surface area contributed by atoms with Crippen molar-refractivity contribution in [1.82, 2.24) is 14.9 Å². The van der Waals surface area contributed by atoms with E-state index in [0.29, 0.717) is 28.1 Å². The van der Waals surface area contributed by atoms with E-state index in [-0.39, 0.29) is 30.1 Å². The van der Waals surface area contributed by atoms with Crippen molar-refractivity contribution < 1.29 is 33.0 Å². The molecule has 0 aliphatic heterocycles. The van der Waals surface area contributed by atoms with Gasteiger partial charge in [0.1, 0.15) is 23.2 Å². The fraction of sp³-hybridized carbons (Fsp3) is 0.241. The number of nitrogens with one attached hydrogen (secondary N) is 1. The van der Waals surface area contributed by atoms with Gasteiger partial charge in [0.25, 0.3) is 12.9 Å².